The highest BCUT2D eigenvalue weighted by Crippen LogP contribution is 2.27. The van der Waals surface area contributed by atoms with Crippen molar-refractivity contribution in [2.24, 2.45) is 11.7 Å². The lowest BCUT2D eigenvalue weighted by Crippen LogP contribution is -2.38. The molecule has 1 saturated carbocycles. The number of hydrogen-bond donors (Lipinski definition) is 1. The fourth-order valence-corrected chi connectivity index (χ4v) is 2.94. The van der Waals surface area contributed by atoms with Crippen LogP contribution in [-0.2, 0) is 4.79 Å². The maximum Gasteiger partial charge on any atom is 0.223 e. The monoisotopic (exact) mass is 275 g/mol. The van der Waals surface area contributed by atoms with Gasteiger partial charge in [0.25, 0.3) is 0 Å². The number of nitrogens with zero attached hydrogens (tertiary/aromatic N) is 2. The first-order valence-electron chi connectivity index (χ1n) is 7.50. The Kier molecular flexibility index (Phi) is 5.12. The van der Waals surface area contributed by atoms with Crippen LogP contribution in [0.15, 0.2) is 24.5 Å². The van der Waals surface area contributed by atoms with Crippen LogP contribution in [0.1, 0.15) is 50.6 Å². The second-order valence-corrected chi connectivity index (χ2v) is 5.87. The normalized spacial score (nSPS) is 24.1. The van der Waals surface area contributed by atoms with Crippen LogP contribution in [0.4, 0.5) is 0 Å². The highest BCUT2D eigenvalue weighted by atomic mass is 16.2. The Morgan fingerprint density at radius 2 is 2.05 bits per heavy atom. The second kappa shape index (κ2) is 6.84. The minimum Gasteiger partial charge on any atom is -0.339 e. The topological polar surface area (TPSA) is 59.2 Å². The summed E-state index contributed by atoms with van der Waals surface area (Å²) in [5.41, 5.74) is 7.25. The van der Waals surface area contributed by atoms with Gasteiger partial charge in [-0.1, -0.05) is 12.8 Å². The van der Waals surface area contributed by atoms with E-state index in [-0.39, 0.29) is 18.0 Å². The molecular formula is C16H25N3O. The molecule has 110 valence electrons. The fourth-order valence-electron chi connectivity index (χ4n) is 2.94. The molecule has 1 amide bonds. The molecule has 1 aliphatic rings. The molecule has 1 aliphatic carbocycles. The van der Waals surface area contributed by atoms with Crippen molar-refractivity contribution >= 4 is 5.91 Å². The summed E-state index contributed by atoms with van der Waals surface area (Å²) in [7, 11) is 1.88. The second-order valence-electron chi connectivity index (χ2n) is 5.87. The van der Waals surface area contributed by atoms with E-state index in [1.807, 2.05) is 31.0 Å². The number of rotatable bonds is 4. The van der Waals surface area contributed by atoms with Crippen LogP contribution < -0.4 is 5.73 Å². The minimum absolute atomic E-state index is 0.0744. The quantitative estimate of drug-likeness (QED) is 0.918. The van der Waals surface area contributed by atoms with Crippen molar-refractivity contribution in [1.29, 1.82) is 0 Å². The Balaban J connectivity index is 1.94. The first kappa shape index (κ1) is 15.0. The molecular weight excluding hydrogens is 250 g/mol. The highest BCUT2D eigenvalue weighted by Gasteiger charge is 2.26. The molecule has 1 heterocycles. The molecule has 1 aromatic heterocycles. The summed E-state index contributed by atoms with van der Waals surface area (Å²) >= 11 is 0. The molecule has 0 aliphatic heterocycles. The Morgan fingerprint density at radius 3 is 2.70 bits per heavy atom. The van der Waals surface area contributed by atoms with Gasteiger partial charge in [0.05, 0.1) is 6.04 Å². The summed E-state index contributed by atoms with van der Waals surface area (Å²) in [4.78, 5) is 18.3. The van der Waals surface area contributed by atoms with Gasteiger partial charge in [0, 0.05) is 31.9 Å². The smallest absolute Gasteiger partial charge is 0.223 e. The largest absolute Gasteiger partial charge is 0.339 e. The predicted molar refractivity (Wildman–Crippen MR) is 80.0 cm³/mol. The zero-order valence-electron chi connectivity index (χ0n) is 12.5. The summed E-state index contributed by atoms with van der Waals surface area (Å²) in [6.45, 7) is 2.05. The van der Waals surface area contributed by atoms with E-state index >= 15 is 0 Å². The fraction of sp³-hybridized carbons (Fsp3) is 0.625. The van der Waals surface area contributed by atoms with Gasteiger partial charge in [0.15, 0.2) is 0 Å². The number of nitrogens with two attached hydrogens (primary N) is 1. The Labute approximate surface area is 121 Å². The van der Waals surface area contributed by atoms with Gasteiger partial charge in [-0.3, -0.25) is 9.78 Å². The summed E-state index contributed by atoms with van der Waals surface area (Å²) in [6.07, 6.45) is 8.66. The van der Waals surface area contributed by atoms with Gasteiger partial charge >= 0.3 is 0 Å². The molecule has 0 aromatic carbocycles. The van der Waals surface area contributed by atoms with Crippen LogP contribution in [-0.4, -0.2) is 28.9 Å². The van der Waals surface area contributed by atoms with Gasteiger partial charge in [-0.15, -0.1) is 0 Å². The third kappa shape index (κ3) is 3.57. The lowest BCUT2D eigenvalue weighted by Gasteiger charge is -2.31. The Hall–Kier alpha value is -1.42. The van der Waals surface area contributed by atoms with E-state index < -0.39 is 0 Å². The molecule has 0 bridgehead atoms. The van der Waals surface area contributed by atoms with Crippen molar-refractivity contribution < 1.29 is 4.79 Å². The van der Waals surface area contributed by atoms with Gasteiger partial charge < -0.3 is 10.6 Å². The molecule has 0 saturated heterocycles. The van der Waals surface area contributed by atoms with Crippen molar-refractivity contribution in [1.82, 2.24) is 9.88 Å². The minimum atomic E-state index is 0.0744. The van der Waals surface area contributed by atoms with E-state index in [9.17, 15) is 4.79 Å². The molecule has 3 unspecified atom stereocenters. The standard InChI is InChI=1S/C16H25N3O/c1-12(13-7-9-18-10-8-13)19(2)16(20)11-14-5-3-4-6-15(14)17/h7-10,12,14-15H,3-6,11,17H2,1-2H3. The van der Waals surface area contributed by atoms with E-state index in [2.05, 4.69) is 4.98 Å². The highest BCUT2D eigenvalue weighted by molar-refractivity contribution is 5.76. The molecule has 2 N–H and O–H groups in total. The first-order valence-corrected chi connectivity index (χ1v) is 7.50. The number of amides is 1. The molecule has 1 fully saturated rings. The predicted octanol–water partition coefficient (Wildman–Crippen LogP) is 2.51. The average Bonchev–Trinajstić information content (AvgIpc) is 2.49. The van der Waals surface area contributed by atoms with Crippen molar-refractivity contribution in [2.45, 2.75) is 51.1 Å². The van der Waals surface area contributed by atoms with Gasteiger partial charge in [0.2, 0.25) is 5.91 Å². The van der Waals surface area contributed by atoms with Crippen molar-refractivity contribution in [3.63, 3.8) is 0 Å². The van der Waals surface area contributed by atoms with E-state index in [0.717, 1.165) is 18.4 Å². The number of pyridine rings is 1. The van der Waals surface area contributed by atoms with Gasteiger partial charge in [-0.2, -0.15) is 0 Å². The lowest BCUT2D eigenvalue weighted by atomic mass is 9.82. The van der Waals surface area contributed by atoms with Crippen LogP contribution in [0, 0.1) is 5.92 Å². The van der Waals surface area contributed by atoms with Crippen molar-refractivity contribution in [3.8, 4) is 0 Å². The molecule has 20 heavy (non-hydrogen) atoms. The SMILES string of the molecule is CC(c1ccncc1)N(C)C(=O)CC1CCCCC1N. The van der Waals surface area contributed by atoms with E-state index in [4.69, 9.17) is 5.73 Å². The van der Waals surface area contributed by atoms with Crippen LogP contribution in [0.25, 0.3) is 0 Å². The maximum absolute atomic E-state index is 12.4. The summed E-state index contributed by atoms with van der Waals surface area (Å²) < 4.78 is 0. The molecule has 3 atom stereocenters. The lowest BCUT2D eigenvalue weighted by molar-refractivity contribution is -0.133. The molecule has 0 spiro atoms. The van der Waals surface area contributed by atoms with Gasteiger partial charge in [0.1, 0.15) is 0 Å². The number of aromatic nitrogens is 1. The van der Waals surface area contributed by atoms with Gasteiger partial charge in [-0.25, -0.2) is 0 Å². The first-order chi connectivity index (χ1) is 9.59. The van der Waals surface area contributed by atoms with E-state index in [1.165, 1.54) is 12.8 Å². The average molecular weight is 275 g/mol. The third-order valence-electron chi connectivity index (χ3n) is 4.57. The molecule has 4 nitrogen and oxygen atoms in total. The molecule has 2 rings (SSSR count). The van der Waals surface area contributed by atoms with Gasteiger partial charge in [-0.05, 0) is 43.4 Å². The van der Waals surface area contributed by atoms with Crippen LogP contribution >= 0.6 is 0 Å². The van der Waals surface area contributed by atoms with E-state index in [0.29, 0.717) is 12.3 Å². The third-order valence-corrected chi connectivity index (χ3v) is 4.57. The van der Waals surface area contributed by atoms with Crippen LogP contribution in [0.2, 0.25) is 0 Å². The van der Waals surface area contributed by atoms with Crippen molar-refractivity contribution in [2.75, 3.05) is 7.05 Å². The molecule has 0 radical (unpaired) electrons. The number of carbonyl (C=O) groups is 1. The summed E-state index contributed by atoms with van der Waals surface area (Å²) in [5, 5.41) is 0. The molecule has 1 aromatic rings. The van der Waals surface area contributed by atoms with Crippen molar-refractivity contribution in [3.05, 3.63) is 30.1 Å². The van der Waals surface area contributed by atoms with Crippen LogP contribution in [0.5, 0.6) is 0 Å². The van der Waals surface area contributed by atoms with E-state index in [1.54, 1.807) is 12.4 Å². The Bertz CT molecular complexity index is 435. The Morgan fingerprint density at radius 1 is 1.40 bits per heavy atom. The number of carbonyl (C=O) groups excluding carboxylic acids is 1. The zero-order valence-corrected chi connectivity index (χ0v) is 12.5. The van der Waals surface area contributed by atoms with Crippen LogP contribution in [0.3, 0.4) is 0 Å². The summed E-state index contributed by atoms with van der Waals surface area (Å²) in [5.74, 6) is 0.542. The number of hydrogen-bond acceptors (Lipinski definition) is 3. The molecule has 4 heteroatoms. The maximum atomic E-state index is 12.4. The summed E-state index contributed by atoms with van der Waals surface area (Å²) in [6, 6.07) is 4.18. The zero-order chi connectivity index (χ0) is 14.5.